The third-order valence-corrected chi connectivity index (χ3v) is 5.17. The Bertz CT molecular complexity index is 1540. The maximum Gasteiger partial charge on any atom is 0.263 e. The number of carbonyl (C=O) groups is 1. The molecule has 8 nitrogen and oxygen atoms in total. The monoisotopic (exact) mass is 468 g/mol. The Hall–Kier alpha value is -4.85. The number of benzene rings is 3. The predicted octanol–water partition coefficient (Wildman–Crippen LogP) is 5.57. The van der Waals surface area contributed by atoms with Crippen LogP contribution >= 0.6 is 0 Å². The molecule has 5 rings (SSSR count). The van der Waals surface area contributed by atoms with Crippen LogP contribution in [-0.4, -0.2) is 17.7 Å². The summed E-state index contributed by atoms with van der Waals surface area (Å²) in [5.74, 6) is 1.45. The standard InChI is InChI=1S/C27H20N2O6/c1-17-13-25(29-35-17)28-26(30)16-32-21-11-12-22-23(14-21)33-15-24(27(22)31)34-20-9-7-19(8-10-20)18-5-3-2-4-6-18/h2-15H,16H2,1H3,(H,28,29,30). The minimum Gasteiger partial charge on any atom is -0.484 e. The van der Waals surface area contributed by atoms with Gasteiger partial charge in [-0.1, -0.05) is 47.6 Å². The average molecular weight is 468 g/mol. The molecule has 0 aliphatic heterocycles. The van der Waals surface area contributed by atoms with Gasteiger partial charge in [-0.15, -0.1) is 0 Å². The highest BCUT2D eigenvalue weighted by atomic mass is 16.5. The van der Waals surface area contributed by atoms with E-state index in [2.05, 4.69) is 10.5 Å². The summed E-state index contributed by atoms with van der Waals surface area (Å²) in [6, 6.07) is 23.7. The number of anilines is 1. The lowest BCUT2D eigenvalue weighted by atomic mass is 10.1. The number of nitrogens with one attached hydrogen (secondary N) is 1. The van der Waals surface area contributed by atoms with Gasteiger partial charge in [0, 0.05) is 12.1 Å². The van der Waals surface area contributed by atoms with Crippen molar-refractivity contribution in [3.8, 4) is 28.4 Å². The van der Waals surface area contributed by atoms with E-state index >= 15 is 0 Å². The zero-order valence-corrected chi connectivity index (χ0v) is 18.7. The molecule has 0 atom stereocenters. The number of aryl methyl sites for hydroxylation is 1. The largest absolute Gasteiger partial charge is 0.484 e. The van der Waals surface area contributed by atoms with Crippen molar-refractivity contribution in [3.05, 3.63) is 101 Å². The second kappa shape index (κ2) is 9.56. The zero-order valence-electron chi connectivity index (χ0n) is 18.7. The van der Waals surface area contributed by atoms with Crippen molar-refractivity contribution >= 4 is 22.7 Å². The molecule has 1 N–H and O–H groups in total. The molecular formula is C27H20N2O6. The first-order chi connectivity index (χ1) is 17.0. The molecule has 5 aromatic rings. The molecule has 0 fully saturated rings. The van der Waals surface area contributed by atoms with Gasteiger partial charge in [-0.25, -0.2) is 0 Å². The average Bonchev–Trinajstić information content (AvgIpc) is 3.29. The van der Waals surface area contributed by atoms with E-state index in [0.29, 0.717) is 34.0 Å². The lowest BCUT2D eigenvalue weighted by Crippen LogP contribution is -2.20. The molecule has 8 heteroatoms. The number of nitrogens with zero attached hydrogens (tertiary/aromatic N) is 1. The van der Waals surface area contributed by atoms with Crippen LogP contribution in [0.5, 0.6) is 17.2 Å². The van der Waals surface area contributed by atoms with Crippen molar-refractivity contribution in [2.24, 2.45) is 0 Å². The molecule has 0 bridgehead atoms. The summed E-state index contributed by atoms with van der Waals surface area (Å²) >= 11 is 0. The highest BCUT2D eigenvalue weighted by Gasteiger charge is 2.12. The molecule has 35 heavy (non-hydrogen) atoms. The Kier molecular flexibility index (Phi) is 6.00. The topological polar surface area (TPSA) is 104 Å². The molecule has 0 radical (unpaired) electrons. The highest BCUT2D eigenvalue weighted by Crippen LogP contribution is 2.26. The number of carbonyl (C=O) groups excluding carboxylic acids is 1. The first-order valence-corrected chi connectivity index (χ1v) is 10.8. The number of hydrogen-bond donors (Lipinski definition) is 1. The van der Waals surface area contributed by atoms with Crippen molar-refractivity contribution in [2.75, 3.05) is 11.9 Å². The molecule has 0 aliphatic rings. The van der Waals surface area contributed by atoms with Gasteiger partial charge in [0.2, 0.25) is 11.2 Å². The van der Waals surface area contributed by atoms with Crippen molar-refractivity contribution in [2.45, 2.75) is 6.92 Å². The summed E-state index contributed by atoms with van der Waals surface area (Å²) in [6.45, 7) is 1.47. The van der Waals surface area contributed by atoms with E-state index in [1.807, 2.05) is 42.5 Å². The van der Waals surface area contributed by atoms with Gasteiger partial charge in [0.15, 0.2) is 12.4 Å². The highest BCUT2D eigenvalue weighted by molar-refractivity contribution is 5.91. The van der Waals surface area contributed by atoms with Crippen LogP contribution in [0, 0.1) is 6.92 Å². The second-order valence-corrected chi connectivity index (χ2v) is 7.74. The molecule has 2 aromatic heterocycles. The molecule has 1 amide bonds. The molecule has 0 saturated carbocycles. The van der Waals surface area contributed by atoms with Crippen LogP contribution in [-0.2, 0) is 4.79 Å². The van der Waals surface area contributed by atoms with Crippen LogP contribution in [0.25, 0.3) is 22.1 Å². The first-order valence-electron chi connectivity index (χ1n) is 10.8. The Morgan fingerprint density at radius 1 is 0.943 bits per heavy atom. The van der Waals surface area contributed by atoms with Crippen LogP contribution in [0.2, 0.25) is 0 Å². The Labute approximate surface area is 199 Å². The summed E-state index contributed by atoms with van der Waals surface area (Å²) in [7, 11) is 0. The molecule has 174 valence electrons. The van der Waals surface area contributed by atoms with Crippen molar-refractivity contribution < 1.29 is 23.2 Å². The van der Waals surface area contributed by atoms with E-state index in [0.717, 1.165) is 11.1 Å². The van der Waals surface area contributed by atoms with E-state index in [-0.39, 0.29) is 17.8 Å². The minimum atomic E-state index is -0.401. The maximum absolute atomic E-state index is 12.9. The molecule has 0 unspecified atom stereocenters. The summed E-state index contributed by atoms with van der Waals surface area (Å²) in [5.41, 5.74) is 2.13. The zero-order chi connectivity index (χ0) is 24.2. The van der Waals surface area contributed by atoms with Crippen LogP contribution in [0.15, 0.2) is 98.9 Å². The smallest absolute Gasteiger partial charge is 0.263 e. The van der Waals surface area contributed by atoms with E-state index in [1.54, 1.807) is 43.3 Å². The summed E-state index contributed by atoms with van der Waals surface area (Å²) in [6.07, 6.45) is 1.26. The van der Waals surface area contributed by atoms with Crippen LogP contribution < -0.4 is 20.2 Å². The van der Waals surface area contributed by atoms with Crippen LogP contribution in [0.3, 0.4) is 0 Å². The first kappa shape index (κ1) is 22.0. The fourth-order valence-electron chi connectivity index (χ4n) is 3.48. The third-order valence-electron chi connectivity index (χ3n) is 5.17. The predicted molar refractivity (Wildman–Crippen MR) is 130 cm³/mol. The van der Waals surface area contributed by atoms with Crippen molar-refractivity contribution in [3.63, 3.8) is 0 Å². The SMILES string of the molecule is Cc1cc(NC(=O)COc2ccc3c(=O)c(Oc4ccc(-c5ccccc5)cc4)coc3c2)no1. The van der Waals surface area contributed by atoms with Crippen LogP contribution in [0.4, 0.5) is 5.82 Å². The van der Waals surface area contributed by atoms with Gasteiger partial charge >= 0.3 is 0 Å². The molecule has 0 aliphatic carbocycles. The quantitative estimate of drug-likeness (QED) is 0.333. The van der Waals surface area contributed by atoms with Gasteiger partial charge in [-0.2, -0.15) is 0 Å². The third kappa shape index (κ3) is 5.06. The number of fused-ring (bicyclic) bond motifs is 1. The summed E-state index contributed by atoms with van der Waals surface area (Å²) < 4.78 is 21.8. The van der Waals surface area contributed by atoms with E-state index in [4.69, 9.17) is 18.4 Å². The summed E-state index contributed by atoms with van der Waals surface area (Å²) in [5, 5.41) is 6.59. The fraction of sp³-hybridized carbons (Fsp3) is 0.0741. The molecule has 2 heterocycles. The molecule has 3 aromatic carbocycles. The van der Waals surface area contributed by atoms with E-state index in [1.165, 1.54) is 6.26 Å². The lowest BCUT2D eigenvalue weighted by Gasteiger charge is -2.08. The fourth-order valence-corrected chi connectivity index (χ4v) is 3.48. The van der Waals surface area contributed by atoms with Crippen LogP contribution in [0.1, 0.15) is 5.76 Å². The van der Waals surface area contributed by atoms with E-state index < -0.39 is 5.91 Å². The second-order valence-electron chi connectivity index (χ2n) is 7.74. The summed E-state index contributed by atoms with van der Waals surface area (Å²) in [4.78, 5) is 24.9. The van der Waals surface area contributed by atoms with Gasteiger partial charge in [0.25, 0.3) is 5.91 Å². The van der Waals surface area contributed by atoms with Gasteiger partial charge < -0.3 is 23.7 Å². The lowest BCUT2D eigenvalue weighted by molar-refractivity contribution is -0.118. The van der Waals surface area contributed by atoms with Crippen molar-refractivity contribution in [1.82, 2.24) is 5.16 Å². The molecule has 0 spiro atoms. The Morgan fingerprint density at radius 2 is 1.69 bits per heavy atom. The van der Waals surface area contributed by atoms with Gasteiger partial charge in [0.1, 0.15) is 29.1 Å². The number of aromatic nitrogens is 1. The number of hydrogen-bond acceptors (Lipinski definition) is 7. The number of amides is 1. The molecule has 0 saturated heterocycles. The molecular weight excluding hydrogens is 448 g/mol. The van der Waals surface area contributed by atoms with Crippen molar-refractivity contribution in [1.29, 1.82) is 0 Å². The Balaban J connectivity index is 1.26. The van der Waals surface area contributed by atoms with Gasteiger partial charge in [0.05, 0.1) is 5.39 Å². The van der Waals surface area contributed by atoms with Gasteiger partial charge in [-0.05, 0) is 42.3 Å². The number of rotatable bonds is 7. The van der Waals surface area contributed by atoms with E-state index in [9.17, 15) is 9.59 Å². The normalized spacial score (nSPS) is 10.8. The van der Waals surface area contributed by atoms with Gasteiger partial charge in [-0.3, -0.25) is 9.59 Å². The minimum absolute atomic E-state index is 0.0703. The maximum atomic E-state index is 12.9. The Morgan fingerprint density at radius 3 is 2.43 bits per heavy atom. The number of ether oxygens (including phenoxy) is 2.